The van der Waals surface area contributed by atoms with Crippen LogP contribution in [-0.4, -0.2) is 40.3 Å². The molecule has 6 heteroatoms. The minimum Gasteiger partial charge on any atom is -0.350 e. The van der Waals surface area contributed by atoms with Crippen LogP contribution >= 0.6 is 0 Å². The third kappa shape index (κ3) is 3.64. The lowest BCUT2D eigenvalue weighted by Gasteiger charge is -2.30. The van der Waals surface area contributed by atoms with Crippen LogP contribution in [0.25, 0.3) is 0 Å². The molecule has 0 N–H and O–H groups in total. The second kappa shape index (κ2) is 7.47. The monoisotopic (exact) mass is 346 g/mol. The number of nitrogens with zero attached hydrogens (tertiary/aromatic N) is 6. The predicted molar refractivity (Wildman–Crippen MR) is 102 cm³/mol. The Morgan fingerprint density at radius 2 is 1.88 bits per heavy atom. The van der Waals surface area contributed by atoms with E-state index in [4.69, 9.17) is 4.98 Å². The van der Waals surface area contributed by atoms with E-state index >= 15 is 0 Å². The van der Waals surface area contributed by atoms with Crippen LogP contribution in [-0.2, 0) is 19.4 Å². The first-order chi connectivity index (χ1) is 12.8. The predicted octanol–water partition coefficient (Wildman–Crippen LogP) is 2.51. The van der Waals surface area contributed by atoms with E-state index in [9.17, 15) is 0 Å². The van der Waals surface area contributed by atoms with E-state index in [0.717, 1.165) is 38.3 Å². The molecule has 3 heterocycles. The molecule has 0 amide bonds. The largest absolute Gasteiger partial charge is 0.350 e. The maximum atomic E-state index is 4.75. The minimum atomic E-state index is 0.662. The summed E-state index contributed by atoms with van der Waals surface area (Å²) in [5, 5.41) is 8.40. The SMILES string of the molecule is CN(CCc1ccncc1)c1nncc(N2CCc3ccccc3C2)n1. The molecule has 0 bridgehead atoms. The number of fused-ring (bicyclic) bond motifs is 1. The molecule has 0 saturated heterocycles. The quantitative estimate of drug-likeness (QED) is 0.707. The summed E-state index contributed by atoms with van der Waals surface area (Å²) in [5.74, 6) is 1.55. The third-order valence-electron chi connectivity index (χ3n) is 4.82. The van der Waals surface area contributed by atoms with Crippen molar-refractivity contribution in [2.75, 3.05) is 29.9 Å². The minimum absolute atomic E-state index is 0.662. The highest BCUT2D eigenvalue weighted by Gasteiger charge is 2.18. The van der Waals surface area contributed by atoms with Gasteiger partial charge in [0.1, 0.15) is 0 Å². The molecule has 132 valence electrons. The standard InChI is InChI=1S/C20H22N6/c1-25(12-8-16-6-10-21-11-7-16)20-23-19(14-22-24-20)26-13-9-17-4-2-3-5-18(17)15-26/h2-7,10-11,14H,8-9,12-13,15H2,1H3. The van der Waals surface area contributed by atoms with Crippen LogP contribution in [0, 0.1) is 0 Å². The zero-order valence-corrected chi connectivity index (χ0v) is 14.9. The fourth-order valence-corrected chi connectivity index (χ4v) is 3.24. The smallest absolute Gasteiger partial charge is 0.247 e. The summed E-state index contributed by atoms with van der Waals surface area (Å²) >= 11 is 0. The molecule has 0 unspecified atom stereocenters. The van der Waals surface area contributed by atoms with Gasteiger partial charge >= 0.3 is 0 Å². The molecule has 1 aromatic carbocycles. The van der Waals surface area contributed by atoms with Crippen molar-refractivity contribution in [3.63, 3.8) is 0 Å². The Kier molecular flexibility index (Phi) is 4.73. The summed E-state index contributed by atoms with van der Waals surface area (Å²) in [7, 11) is 2.01. The van der Waals surface area contributed by atoms with Crippen molar-refractivity contribution in [2.24, 2.45) is 0 Å². The van der Waals surface area contributed by atoms with Crippen molar-refractivity contribution in [3.8, 4) is 0 Å². The molecule has 1 aliphatic heterocycles. The number of hydrogen-bond donors (Lipinski definition) is 0. The number of aromatic nitrogens is 4. The molecule has 4 rings (SSSR count). The number of anilines is 2. The number of rotatable bonds is 5. The number of benzene rings is 1. The Hall–Kier alpha value is -3.02. The Labute approximate surface area is 153 Å². The molecule has 0 saturated carbocycles. The first-order valence-electron chi connectivity index (χ1n) is 8.91. The van der Waals surface area contributed by atoms with Gasteiger partial charge in [-0.25, -0.2) is 0 Å². The van der Waals surface area contributed by atoms with Crippen molar-refractivity contribution >= 4 is 11.8 Å². The summed E-state index contributed by atoms with van der Waals surface area (Å²) in [6, 6.07) is 12.7. The Morgan fingerprint density at radius 1 is 1.08 bits per heavy atom. The fourth-order valence-electron chi connectivity index (χ4n) is 3.24. The lowest BCUT2D eigenvalue weighted by Crippen LogP contribution is -2.32. The second-order valence-electron chi connectivity index (χ2n) is 6.58. The van der Waals surface area contributed by atoms with Gasteiger partial charge in [-0.3, -0.25) is 4.98 Å². The van der Waals surface area contributed by atoms with Gasteiger partial charge in [0.2, 0.25) is 5.95 Å². The van der Waals surface area contributed by atoms with Crippen LogP contribution in [0.2, 0.25) is 0 Å². The van der Waals surface area contributed by atoms with E-state index in [0.29, 0.717) is 5.95 Å². The summed E-state index contributed by atoms with van der Waals surface area (Å²) in [4.78, 5) is 13.1. The van der Waals surface area contributed by atoms with Gasteiger partial charge in [-0.05, 0) is 41.7 Å². The lowest BCUT2D eigenvalue weighted by atomic mass is 10.0. The Bertz CT molecular complexity index is 867. The van der Waals surface area contributed by atoms with Gasteiger partial charge in [-0.2, -0.15) is 10.1 Å². The summed E-state index contributed by atoms with van der Waals surface area (Å²) in [6.45, 7) is 2.66. The molecular weight excluding hydrogens is 324 g/mol. The van der Waals surface area contributed by atoms with Crippen LogP contribution < -0.4 is 9.80 Å². The maximum Gasteiger partial charge on any atom is 0.247 e. The van der Waals surface area contributed by atoms with Gasteiger partial charge in [-0.1, -0.05) is 24.3 Å². The van der Waals surface area contributed by atoms with E-state index in [2.05, 4.69) is 49.2 Å². The number of likely N-dealkylation sites (N-methyl/N-ethyl adjacent to an activating group) is 1. The van der Waals surface area contributed by atoms with Gasteiger partial charge in [0.05, 0.1) is 6.20 Å². The van der Waals surface area contributed by atoms with Crippen LogP contribution in [0.3, 0.4) is 0 Å². The van der Waals surface area contributed by atoms with Gasteiger partial charge in [-0.15, -0.1) is 5.10 Å². The Balaban J connectivity index is 1.45. The molecule has 0 spiro atoms. The second-order valence-corrected chi connectivity index (χ2v) is 6.58. The van der Waals surface area contributed by atoms with Gasteiger partial charge < -0.3 is 9.80 Å². The number of pyridine rings is 1. The molecule has 6 nitrogen and oxygen atoms in total. The summed E-state index contributed by atoms with van der Waals surface area (Å²) in [5.41, 5.74) is 4.05. The number of hydrogen-bond acceptors (Lipinski definition) is 6. The molecule has 0 aliphatic carbocycles. The third-order valence-corrected chi connectivity index (χ3v) is 4.82. The first-order valence-corrected chi connectivity index (χ1v) is 8.91. The van der Waals surface area contributed by atoms with Gasteiger partial charge in [0, 0.05) is 39.1 Å². The summed E-state index contributed by atoms with van der Waals surface area (Å²) in [6.07, 6.45) is 7.36. The van der Waals surface area contributed by atoms with Crippen molar-refractivity contribution in [1.82, 2.24) is 20.2 Å². The summed E-state index contributed by atoms with van der Waals surface area (Å²) < 4.78 is 0. The molecule has 0 radical (unpaired) electrons. The normalized spacial score (nSPS) is 13.3. The molecule has 3 aromatic rings. The molecular formula is C20H22N6. The highest BCUT2D eigenvalue weighted by molar-refractivity contribution is 5.45. The molecule has 0 atom stereocenters. The zero-order valence-electron chi connectivity index (χ0n) is 14.9. The van der Waals surface area contributed by atoms with Crippen molar-refractivity contribution in [1.29, 1.82) is 0 Å². The molecule has 2 aromatic heterocycles. The highest BCUT2D eigenvalue weighted by Crippen LogP contribution is 2.23. The topological polar surface area (TPSA) is 58.0 Å². The van der Waals surface area contributed by atoms with Crippen molar-refractivity contribution < 1.29 is 0 Å². The Morgan fingerprint density at radius 3 is 2.73 bits per heavy atom. The van der Waals surface area contributed by atoms with Crippen LogP contribution in [0.1, 0.15) is 16.7 Å². The van der Waals surface area contributed by atoms with E-state index in [1.807, 2.05) is 31.6 Å². The van der Waals surface area contributed by atoms with Crippen LogP contribution in [0.15, 0.2) is 55.0 Å². The van der Waals surface area contributed by atoms with E-state index in [1.54, 1.807) is 6.20 Å². The van der Waals surface area contributed by atoms with Crippen molar-refractivity contribution in [3.05, 3.63) is 71.7 Å². The average Bonchev–Trinajstić information content (AvgIpc) is 2.72. The fraction of sp³-hybridized carbons (Fsp3) is 0.300. The first kappa shape index (κ1) is 16.4. The lowest BCUT2D eigenvalue weighted by molar-refractivity contribution is 0.708. The van der Waals surface area contributed by atoms with Gasteiger partial charge in [0.25, 0.3) is 0 Å². The average molecular weight is 346 g/mol. The van der Waals surface area contributed by atoms with Crippen LogP contribution in [0.5, 0.6) is 0 Å². The maximum absolute atomic E-state index is 4.75. The van der Waals surface area contributed by atoms with Crippen molar-refractivity contribution in [2.45, 2.75) is 19.4 Å². The van der Waals surface area contributed by atoms with Crippen LogP contribution in [0.4, 0.5) is 11.8 Å². The molecule has 0 fully saturated rings. The van der Waals surface area contributed by atoms with E-state index < -0.39 is 0 Å². The highest BCUT2D eigenvalue weighted by atomic mass is 15.3. The van der Waals surface area contributed by atoms with E-state index in [-0.39, 0.29) is 0 Å². The van der Waals surface area contributed by atoms with Gasteiger partial charge in [0.15, 0.2) is 5.82 Å². The van der Waals surface area contributed by atoms with E-state index in [1.165, 1.54) is 16.7 Å². The zero-order chi connectivity index (χ0) is 17.8. The molecule has 1 aliphatic rings. The molecule has 26 heavy (non-hydrogen) atoms.